The molecule has 0 saturated carbocycles. The van der Waals surface area contributed by atoms with E-state index < -0.39 is 37.0 Å². The Labute approximate surface area is 270 Å². The van der Waals surface area contributed by atoms with Crippen LogP contribution in [0, 0.1) is 6.92 Å². The van der Waals surface area contributed by atoms with E-state index >= 15 is 0 Å². The van der Waals surface area contributed by atoms with Crippen molar-refractivity contribution in [1.82, 2.24) is 19.4 Å². The fraction of sp³-hybridized carbons (Fsp3) is 0.281. The molecule has 0 spiro atoms. The maximum atomic E-state index is 12.9. The normalized spacial score (nSPS) is 12.4. The van der Waals surface area contributed by atoms with Crippen molar-refractivity contribution in [2.75, 3.05) is 16.0 Å². The molecule has 0 radical (unpaired) electrons. The summed E-state index contributed by atoms with van der Waals surface area (Å²) in [6.07, 6.45) is 1.63. The van der Waals surface area contributed by atoms with Crippen LogP contribution in [0.5, 0.6) is 0 Å². The summed E-state index contributed by atoms with van der Waals surface area (Å²) in [5.41, 5.74) is 1.30. The molecule has 0 aliphatic rings. The summed E-state index contributed by atoms with van der Waals surface area (Å²) in [5.74, 6) is 0.351. The Morgan fingerprint density at radius 2 is 1.20 bits per heavy atom. The van der Waals surface area contributed by atoms with Gasteiger partial charge >= 0.3 is 0 Å². The minimum absolute atomic E-state index is 0.0435. The molecule has 0 aliphatic heterocycles. The van der Waals surface area contributed by atoms with Gasteiger partial charge in [-0.25, -0.2) is 31.3 Å². The van der Waals surface area contributed by atoms with Gasteiger partial charge in [0.05, 0.1) is 9.79 Å². The number of nitrogens with one attached hydrogen (secondary N) is 5. The number of carbonyl (C=O) groups is 1. The van der Waals surface area contributed by atoms with Crippen LogP contribution < -0.4 is 25.4 Å². The summed E-state index contributed by atoms with van der Waals surface area (Å²) in [5, 5.41) is 9.01. The first kappa shape index (κ1) is 34.5. The Hall–Kier alpha value is -4.37. The Morgan fingerprint density at radius 1 is 0.674 bits per heavy atom. The van der Waals surface area contributed by atoms with E-state index in [9.17, 15) is 21.6 Å². The average Bonchev–Trinajstić information content (AvgIpc) is 2.93. The number of aryl methyl sites for hydroxylation is 1. The van der Waals surface area contributed by atoms with Crippen LogP contribution >= 0.6 is 0 Å². The Kier molecular flexibility index (Phi) is 9.87. The molecule has 4 aromatic rings. The molecule has 46 heavy (non-hydrogen) atoms. The van der Waals surface area contributed by atoms with Gasteiger partial charge in [-0.05, 0) is 109 Å². The fourth-order valence-electron chi connectivity index (χ4n) is 4.21. The lowest BCUT2D eigenvalue weighted by molar-refractivity contribution is 0.102. The van der Waals surface area contributed by atoms with Crippen LogP contribution in [0.2, 0.25) is 0 Å². The van der Waals surface area contributed by atoms with Gasteiger partial charge in [0.25, 0.3) is 5.91 Å². The number of carbonyl (C=O) groups excluding carboxylic acids is 1. The van der Waals surface area contributed by atoms with Gasteiger partial charge in [0, 0.05) is 45.5 Å². The third-order valence-electron chi connectivity index (χ3n) is 6.07. The van der Waals surface area contributed by atoms with Crippen molar-refractivity contribution in [3.8, 4) is 0 Å². The van der Waals surface area contributed by atoms with Crippen LogP contribution in [-0.2, 0) is 20.0 Å². The first-order chi connectivity index (χ1) is 21.3. The van der Waals surface area contributed by atoms with Crippen LogP contribution in [0.4, 0.5) is 28.8 Å². The smallest absolute Gasteiger partial charge is 0.255 e. The van der Waals surface area contributed by atoms with Gasteiger partial charge in [0.1, 0.15) is 5.82 Å². The van der Waals surface area contributed by atoms with Gasteiger partial charge < -0.3 is 16.0 Å². The van der Waals surface area contributed by atoms with E-state index in [0.29, 0.717) is 28.4 Å². The minimum atomic E-state index is -3.77. The summed E-state index contributed by atoms with van der Waals surface area (Å²) in [6, 6.07) is 19.1. The van der Waals surface area contributed by atoms with E-state index in [4.69, 9.17) is 0 Å². The average molecular weight is 666 g/mol. The van der Waals surface area contributed by atoms with Crippen LogP contribution in [0.1, 0.15) is 57.5 Å². The number of anilines is 5. The lowest BCUT2D eigenvalue weighted by Gasteiger charge is -2.20. The molecule has 12 nitrogen and oxygen atoms in total. The third kappa shape index (κ3) is 9.57. The van der Waals surface area contributed by atoms with Gasteiger partial charge in [0.2, 0.25) is 26.0 Å². The van der Waals surface area contributed by atoms with E-state index in [0.717, 1.165) is 5.56 Å². The molecule has 1 aromatic heterocycles. The summed E-state index contributed by atoms with van der Waals surface area (Å²) in [7, 11) is -7.49. The van der Waals surface area contributed by atoms with Gasteiger partial charge in [-0.1, -0.05) is 12.1 Å². The molecule has 0 fully saturated rings. The summed E-state index contributed by atoms with van der Waals surface area (Å²) in [6.45, 7) is 12.4. The number of hydrogen-bond acceptors (Lipinski definition) is 9. The van der Waals surface area contributed by atoms with Gasteiger partial charge in [-0.15, -0.1) is 0 Å². The molecule has 0 atom stereocenters. The molecule has 4 rings (SSSR count). The summed E-state index contributed by atoms with van der Waals surface area (Å²) >= 11 is 0. The van der Waals surface area contributed by atoms with Gasteiger partial charge in [0.15, 0.2) is 0 Å². The zero-order valence-corrected chi connectivity index (χ0v) is 28.4. The van der Waals surface area contributed by atoms with Crippen LogP contribution in [0.15, 0.2) is 88.8 Å². The first-order valence-electron chi connectivity index (χ1n) is 14.4. The van der Waals surface area contributed by atoms with Gasteiger partial charge in [-0.3, -0.25) is 4.79 Å². The van der Waals surface area contributed by atoms with Crippen molar-refractivity contribution in [2.45, 2.75) is 69.3 Å². The number of amides is 1. The molecule has 5 N–H and O–H groups in total. The number of hydrogen-bond donors (Lipinski definition) is 5. The fourth-order valence-corrected chi connectivity index (χ4v) is 7.14. The molecule has 0 unspecified atom stereocenters. The predicted molar refractivity (Wildman–Crippen MR) is 181 cm³/mol. The van der Waals surface area contributed by atoms with Crippen molar-refractivity contribution >= 4 is 54.8 Å². The molecular weight excluding hydrogens is 627 g/mol. The van der Waals surface area contributed by atoms with Crippen molar-refractivity contribution in [3.05, 3.63) is 90.1 Å². The summed E-state index contributed by atoms with van der Waals surface area (Å²) < 4.78 is 56.2. The quantitative estimate of drug-likeness (QED) is 0.143. The molecule has 0 bridgehead atoms. The maximum absolute atomic E-state index is 12.9. The highest BCUT2D eigenvalue weighted by Gasteiger charge is 2.23. The van der Waals surface area contributed by atoms with E-state index in [2.05, 4.69) is 35.4 Å². The van der Waals surface area contributed by atoms with E-state index in [1.54, 1.807) is 96.3 Å². The molecule has 14 heteroatoms. The molecule has 0 saturated heterocycles. The van der Waals surface area contributed by atoms with Crippen LogP contribution in [0.3, 0.4) is 0 Å². The van der Waals surface area contributed by atoms with Crippen molar-refractivity contribution in [1.29, 1.82) is 0 Å². The maximum Gasteiger partial charge on any atom is 0.255 e. The second-order valence-corrected chi connectivity index (χ2v) is 16.1. The van der Waals surface area contributed by atoms with E-state index in [1.807, 2.05) is 6.92 Å². The minimum Gasteiger partial charge on any atom is -0.340 e. The van der Waals surface area contributed by atoms with Crippen LogP contribution in [-0.4, -0.2) is 43.8 Å². The van der Waals surface area contributed by atoms with Crippen molar-refractivity contribution in [3.63, 3.8) is 0 Å². The predicted octanol–water partition coefficient (Wildman–Crippen LogP) is 5.68. The lowest BCUT2D eigenvalue weighted by atomic mass is 10.1. The van der Waals surface area contributed by atoms with E-state index in [1.165, 1.54) is 24.3 Å². The van der Waals surface area contributed by atoms with Crippen molar-refractivity contribution in [2.24, 2.45) is 0 Å². The highest BCUT2D eigenvalue weighted by Crippen LogP contribution is 2.24. The Balaban J connectivity index is 1.44. The van der Waals surface area contributed by atoms with Crippen LogP contribution in [0.25, 0.3) is 0 Å². The largest absolute Gasteiger partial charge is 0.340 e. The highest BCUT2D eigenvalue weighted by atomic mass is 32.2. The van der Waals surface area contributed by atoms with Crippen molar-refractivity contribution < 1.29 is 21.6 Å². The zero-order chi connectivity index (χ0) is 33.9. The second-order valence-electron chi connectivity index (χ2n) is 12.8. The third-order valence-corrected chi connectivity index (χ3v) is 9.58. The highest BCUT2D eigenvalue weighted by molar-refractivity contribution is 7.89. The molecule has 1 amide bonds. The lowest BCUT2D eigenvalue weighted by Crippen LogP contribution is -2.40. The molecular formula is C32H39N7O5S2. The summed E-state index contributed by atoms with van der Waals surface area (Å²) in [4.78, 5) is 22.0. The number of nitrogens with zero attached hydrogens (tertiary/aromatic N) is 2. The number of rotatable bonds is 10. The van der Waals surface area contributed by atoms with E-state index in [-0.39, 0.29) is 15.7 Å². The number of benzene rings is 3. The first-order valence-corrected chi connectivity index (χ1v) is 17.3. The SMILES string of the molecule is Cc1cnc(Nc2ccc(C(=O)Nc3cccc(S(=O)(=O)NC(C)(C)C)c3)cc2)nc1Nc1cccc(S(=O)(=O)NC(C)(C)C)c1. The number of aromatic nitrogens is 2. The molecule has 1 heterocycles. The number of sulfonamides is 2. The molecule has 0 aliphatic carbocycles. The Bertz CT molecular complexity index is 1950. The topological polar surface area (TPSA) is 171 Å². The zero-order valence-electron chi connectivity index (χ0n) is 26.8. The standard InChI is InChI=1S/C32H39N7O5S2/c1-21-20-33-30(37-28(21)34-24-10-8-12-26(18-24)45(41,42)38-31(2,3)4)36-23-16-14-22(15-17-23)29(40)35-25-11-9-13-27(19-25)46(43,44)39-32(5,6)7/h8-20,38-39H,1-7H3,(H,35,40)(H2,33,34,36,37). The Morgan fingerprint density at radius 3 is 1.74 bits per heavy atom. The molecule has 3 aromatic carbocycles. The molecule has 244 valence electrons. The monoisotopic (exact) mass is 665 g/mol. The second kappa shape index (κ2) is 13.2. The van der Waals surface area contributed by atoms with Gasteiger partial charge in [-0.2, -0.15) is 4.98 Å².